The van der Waals surface area contributed by atoms with Crippen LogP contribution in [-0.4, -0.2) is 24.4 Å². The van der Waals surface area contributed by atoms with E-state index in [1.54, 1.807) is 0 Å². The Morgan fingerprint density at radius 2 is 1.04 bits per heavy atom. The monoisotopic (exact) mass is 360 g/mol. The summed E-state index contributed by atoms with van der Waals surface area (Å²) in [6.45, 7) is 3.44. The maximum atomic E-state index is 11.3. The standard InChI is InChI=1S/C19H40O4Si/c1-3-4-5-6-7-8-9-10-11-12-13-14-15-16-17-18-19(20)23-24(2,21)22/h21-22H,3-18H2,1-2H3. The molecule has 24 heavy (non-hydrogen) atoms. The lowest BCUT2D eigenvalue weighted by molar-refractivity contribution is -0.138. The third kappa shape index (κ3) is 19.7. The van der Waals surface area contributed by atoms with Crippen molar-refractivity contribution in [2.75, 3.05) is 0 Å². The Labute approximate surface area is 150 Å². The Balaban J connectivity index is 3.14. The minimum absolute atomic E-state index is 0.294. The summed E-state index contributed by atoms with van der Waals surface area (Å²) in [5, 5.41) is 0. The zero-order valence-electron chi connectivity index (χ0n) is 16.0. The number of hydrogen-bond acceptors (Lipinski definition) is 4. The van der Waals surface area contributed by atoms with Gasteiger partial charge in [-0.3, -0.25) is 4.79 Å². The van der Waals surface area contributed by atoms with Crippen molar-refractivity contribution in [3.05, 3.63) is 0 Å². The molecule has 0 aromatic heterocycles. The fourth-order valence-electron chi connectivity index (χ4n) is 2.91. The number of carbonyl (C=O) groups is 1. The molecule has 5 heteroatoms. The zero-order valence-corrected chi connectivity index (χ0v) is 17.0. The van der Waals surface area contributed by atoms with Crippen molar-refractivity contribution in [3.63, 3.8) is 0 Å². The average Bonchev–Trinajstić information content (AvgIpc) is 2.49. The van der Waals surface area contributed by atoms with Crippen LogP contribution in [0.1, 0.15) is 110 Å². The van der Waals surface area contributed by atoms with Crippen LogP contribution in [0.3, 0.4) is 0 Å². The molecule has 0 aromatic carbocycles. The quantitative estimate of drug-likeness (QED) is 0.271. The van der Waals surface area contributed by atoms with Gasteiger partial charge in [-0.15, -0.1) is 0 Å². The number of rotatable bonds is 17. The van der Waals surface area contributed by atoms with Gasteiger partial charge in [-0.25, -0.2) is 0 Å². The van der Waals surface area contributed by atoms with Crippen molar-refractivity contribution in [3.8, 4) is 0 Å². The van der Waals surface area contributed by atoms with E-state index < -0.39 is 14.8 Å². The summed E-state index contributed by atoms with van der Waals surface area (Å²) in [5.41, 5.74) is 0. The van der Waals surface area contributed by atoms with Crippen LogP contribution in [0.5, 0.6) is 0 Å². The molecule has 0 fully saturated rings. The van der Waals surface area contributed by atoms with Gasteiger partial charge in [-0.2, -0.15) is 0 Å². The molecule has 4 nitrogen and oxygen atoms in total. The summed E-state index contributed by atoms with van der Waals surface area (Å²) >= 11 is 0. The molecular weight excluding hydrogens is 320 g/mol. The Hall–Kier alpha value is -0.393. The molecule has 0 saturated carbocycles. The summed E-state index contributed by atoms with van der Waals surface area (Å²) in [4.78, 5) is 29.4. The molecule has 0 saturated heterocycles. The molecule has 0 aliphatic heterocycles. The third-order valence-electron chi connectivity index (χ3n) is 4.29. The predicted molar refractivity (Wildman–Crippen MR) is 102 cm³/mol. The minimum atomic E-state index is -3.68. The summed E-state index contributed by atoms with van der Waals surface area (Å²) in [5.74, 6) is -0.483. The topological polar surface area (TPSA) is 66.8 Å². The van der Waals surface area contributed by atoms with Crippen molar-refractivity contribution in [1.29, 1.82) is 0 Å². The number of hydrogen-bond donors (Lipinski definition) is 2. The SMILES string of the molecule is CCCCCCCCCCCCCCCCCC(=O)O[Si](C)(O)O. The highest BCUT2D eigenvalue weighted by molar-refractivity contribution is 6.57. The van der Waals surface area contributed by atoms with E-state index >= 15 is 0 Å². The normalized spacial score (nSPS) is 11.7. The van der Waals surface area contributed by atoms with E-state index in [0.717, 1.165) is 19.3 Å². The van der Waals surface area contributed by atoms with E-state index in [1.807, 2.05) is 0 Å². The van der Waals surface area contributed by atoms with Gasteiger partial charge >= 0.3 is 8.80 Å². The molecule has 0 bridgehead atoms. The van der Waals surface area contributed by atoms with E-state index in [0.29, 0.717) is 6.42 Å². The fraction of sp³-hybridized carbons (Fsp3) is 0.947. The van der Waals surface area contributed by atoms with Gasteiger partial charge in [0.1, 0.15) is 0 Å². The molecule has 0 aromatic rings. The van der Waals surface area contributed by atoms with Crippen molar-refractivity contribution >= 4 is 14.8 Å². The molecular formula is C19H40O4Si. The third-order valence-corrected chi connectivity index (χ3v) is 4.91. The van der Waals surface area contributed by atoms with Gasteiger partial charge in [0.2, 0.25) is 0 Å². The molecule has 0 aliphatic rings. The lowest BCUT2D eigenvalue weighted by atomic mass is 10.0. The molecule has 0 spiro atoms. The maximum Gasteiger partial charge on any atom is 0.559 e. The molecule has 144 valence electrons. The second-order valence-electron chi connectivity index (χ2n) is 7.11. The summed E-state index contributed by atoms with van der Waals surface area (Å²) in [6.07, 6.45) is 19.6. The predicted octanol–water partition coefficient (Wildman–Crippen LogP) is 5.34. The first-order valence-electron chi connectivity index (χ1n) is 10.1. The van der Waals surface area contributed by atoms with E-state index in [-0.39, 0.29) is 0 Å². The average molecular weight is 361 g/mol. The van der Waals surface area contributed by atoms with E-state index in [9.17, 15) is 4.79 Å². The van der Waals surface area contributed by atoms with E-state index in [1.165, 1.54) is 83.6 Å². The number of carbonyl (C=O) groups excluding carboxylic acids is 1. The Morgan fingerprint density at radius 1 is 0.708 bits per heavy atom. The van der Waals surface area contributed by atoms with Crippen molar-refractivity contribution in [2.45, 2.75) is 116 Å². The van der Waals surface area contributed by atoms with Crippen LogP contribution in [0.25, 0.3) is 0 Å². The largest absolute Gasteiger partial charge is 0.559 e. The highest BCUT2D eigenvalue weighted by atomic mass is 28.4. The van der Waals surface area contributed by atoms with Crippen molar-refractivity contribution in [2.24, 2.45) is 0 Å². The van der Waals surface area contributed by atoms with Crippen LogP contribution in [0, 0.1) is 0 Å². The minimum Gasteiger partial charge on any atom is -0.474 e. The van der Waals surface area contributed by atoms with Gasteiger partial charge in [0.05, 0.1) is 0 Å². The molecule has 0 amide bonds. The molecule has 2 N–H and O–H groups in total. The van der Waals surface area contributed by atoms with Crippen LogP contribution >= 0.6 is 0 Å². The fourth-order valence-corrected chi connectivity index (χ4v) is 3.44. The lowest BCUT2D eigenvalue weighted by Gasteiger charge is -2.12. The van der Waals surface area contributed by atoms with E-state index in [4.69, 9.17) is 9.59 Å². The van der Waals surface area contributed by atoms with Gasteiger partial charge in [-0.05, 0) is 6.42 Å². The first-order valence-corrected chi connectivity index (χ1v) is 12.4. The Kier molecular flexibility index (Phi) is 15.8. The molecule has 0 unspecified atom stereocenters. The summed E-state index contributed by atoms with van der Waals surface area (Å²) in [6, 6.07) is 0. The summed E-state index contributed by atoms with van der Waals surface area (Å²) < 4.78 is 4.57. The zero-order chi connectivity index (χ0) is 18.1. The Bertz CT molecular complexity index is 290. The van der Waals surface area contributed by atoms with Crippen LogP contribution in [-0.2, 0) is 9.22 Å². The highest BCUT2D eigenvalue weighted by Gasteiger charge is 2.28. The molecule has 0 radical (unpaired) electrons. The second kappa shape index (κ2) is 16.1. The molecule has 0 rings (SSSR count). The van der Waals surface area contributed by atoms with Gasteiger partial charge in [0, 0.05) is 13.0 Å². The van der Waals surface area contributed by atoms with Crippen LogP contribution in [0.15, 0.2) is 0 Å². The van der Waals surface area contributed by atoms with E-state index in [2.05, 4.69) is 11.3 Å². The van der Waals surface area contributed by atoms with Gasteiger partial charge in [0.25, 0.3) is 5.97 Å². The first kappa shape index (κ1) is 23.6. The van der Waals surface area contributed by atoms with Crippen molar-refractivity contribution in [1.82, 2.24) is 0 Å². The van der Waals surface area contributed by atoms with Gasteiger partial charge < -0.3 is 14.0 Å². The number of unbranched alkanes of at least 4 members (excludes halogenated alkanes) is 14. The van der Waals surface area contributed by atoms with Crippen LogP contribution in [0.4, 0.5) is 0 Å². The molecule has 0 atom stereocenters. The van der Waals surface area contributed by atoms with Crippen molar-refractivity contribution < 1.29 is 18.8 Å². The lowest BCUT2D eigenvalue weighted by Crippen LogP contribution is -2.37. The Morgan fingerprint density at radius 3 is 1.38 bits per heavy atom. The van der Waals surface area contributed by atoms with Gasteiger partial charge in [0.15, 0.2) is 0 Å². The summed E-state index contributed by atoms with van der Waals surface area (Å²) in [7, 11) is -3.68. The smallest absolute Gasteiger partial charge is 0.474 e. The second-order valence-corrected chi connectivity index (χ2v) is 9.18. The van der Waals surface area contributed by atoms with Crippen LogP contribution < -0.4 is 0 Å². The van der Waals surface area contributed by atoms with Crippen LogP contribution in [0.2, 0.25) is 6.55 Å². The van der Waals surface area contributed by atoms with Gasteiger partial charge in [-0.1, -0.05) is 96.8 Å². The maximum absolute atomic E-state index is 11.3. The molecule has 0 heterocycles. The first-order chi connectivity index (χ1) is 11.5. The molecule has 0 aliphatic carbocycles. The highest BCUT2D eigenvalue weighted by Crippen LogP contribution is 2.14.